The van der Waals surface area contributed by atoms with Crippen LogP contribution in [-0.4, -0.2) is 37.3 Å². The summed E-state index contributed by atoms with van der Waals surface area (Å²) in [6.07, 6.45) is 0.586. The molecule has 0 radical (unpaired) electrons. The van der Waals surface area contributed by atoms with Gasteiger partial charge in [-0.15, -0.1) is 24.0 Å². The zero-order chi connectivity index (χ0) is 18.7. The number of guanidine groups is 1. The third-order valence-corrected chi connectivity index (χ3v) is 3.34. The molecule has 0 unspecified atom stereocenters. The average molecular weight is 476 g/mol. The first-order chi connectivity index (χ1) is 11.9. The molecule has 0 saturated heterocycles. The highest BCUT2D eigenvalue weighted by molar-refractivity contribution is 14.0. The van der Waals surface area contributed by atoms with Crippen LogP contribution in [0.3, 0.4) is 0 Å². The first kappa shape index (κ1) is 24.5. The Labute approximate surface area is 174 Å². The van der Waals surface area contributed by atoms with Gasteiger partial charge in [-0.1, -0.05) is 31.2 Å². The molecule has 0 aliphatic carbocycles. The Morgan fingerprint density at radius 2 is 1.65 bits per heavy atom. The number of carbonyl (C=O) groups is 1. The number of aryl methyl sites for hydroxylation is 1. The first-order valence-electron chi connectivity index (χ1n) is 8.91. The second kappa shape index (κ2) is 12.8. The molecule has 0 heterocycles. The fourth-order valence-electron chi connectivity index (χ4n) is 2.22. The van der Waals surface area contributed by atoms with Gasteiger partial charge in [0.2, 0.25) is 0 Å². The van der Waals surface area contributed by atoms with E-state index in [4.69, 9.17) is 4.74 Å². The van der Waals surface area contributed by atoms with E-state index in [0.29, 0.717) is 19.6 Å². The van der Waals surface area contributed by atoms with Crippen LogP contribution >= 0.6 is 24.0 Å². The molecule has 3 N–H and O–H groups in total. The zero-order valence-corrected chi connectivity index (χ0v) is 18.8. The minimum Gasteiger partial charge on any atom is -0.444 e. The quantitative estimate of drug-likeness (QED) is 0.244. The van der Waals surface area contributed by atoms with Crippen molar-refractivity contribution in [1.29, 1.82) is 0 Å². The van der Waals surface area contributed by atoms with E-state index in [1.807, 2.05) is 33.8 Å². The summed E-state index contributed by atoms with van der Waals surface area (Å²) in [5.41, 5.74) is 2.06. The number of halogens is 1. The molecule has 0 bridgehead atoms. The zero-order valence-electron chi connectivity index (χ0n) is 16.5. The van der Waals surface area contributed by atoms with Crippen molar-refractivity contribution in [3.05, 3.63) is 35.4 Å². The molecule has 6 nitrogen and oxygen atoms in total. The fraction of sp³-hybridized carbons (Fsp3) is 0.579. The molecule has 1 aromatic carbocycles. The van der Waals surface area contributed by atoms with Crippen molar-refractivity contribution in [1.82, 2.24) is 16.0 Å². The Bertz CT molecular complexity index is 571. The maximum absolute atomic E-state index is 11.6. The van der Waals surface area contributed by atoms with Gasteiger partial charge in [0.15, 0.2) is 5.96 Å². The summed E-state index contributed by atoms with van der Waals surface area (Å²) in [5, 5.41) is 9.15. The van der Waals surface area contributed by atoms with Gasteiger partial charge in [-0.25, -0.2) is 9.79 Å². The van der Waals surface area contributed by atoms with Gasteiger partial charge in [0.25, 0.3) is 0 Å². The van der Waals surface area contributed by atoms with Gasteiger partial charge in [-0.2, -0.15) is 0 Å². The lowest BCUT2D eigenvalue weighted by molar-refractivity contribution is 0.0529. The van der Waals surface area contributed by atoms with Crippen molar-refractivity contribution in [3.8, 4) is 0 Å². The van der Waals surface area contributed by atoms with Crippen LogP contribution in [0.25, 0.3) is 0 Å². The minimum atomic E-state index is -0.486. The number of benzene rings is 1. The molecule has 0 saturated carbocycles. The molecule has 148 valence electrons. The highest BCUT2D eigenvalue weighted by atomic mass is 127. The standard InChI is InChI=1S/C19H32N4O2.HI/c1-6-15-10-8-9-11-16(15)14-23-17(20-7-2)21-12-13-22-18(24)25-19(3,4)5;/h8-11H,6-7,12-14H2,1-5H3,(H,22,24)(H2,20,21,23);1H. The van der Waals surface area contributed by atoms with E-state index in [1.165, 1.54) is 11.1 Å². The van der Waals surface area contributed by atoms with Crippen LogP contribution in [0.5, 0.6) is 0 Å². The summed E-state index contributed by atoms with van der Waals surface area (Å²) in [4.78, 5) is 16.2. The highest BCUT2D eigenvalue weighted by Crippen LogP contribution is 2.10. The van der Waals surface area contributed by atoms with Crippen molar-refractivity contribution >= 4 is 36.0 Å². The maximum atomic E-state index is 11.6. The van der Waals surface area contributed by atoms with Gasteiger partial charge < -0.3 is 20.7 Å². The van der Waals surface area contributed by atoms with E-state index < -0.39 is 11.7 Å². The number of rotatable bonds is 7. The molecule has 1 amide bonds. The van der Waals surface area contributed by atoms with Gasteiger partial charge in [0.05, 0.1) is 6.54 Å². The summed E-state index contributed by atoms with van der Waals surface area (Å²) >= 11 is 0. The summed E-state index contributed by atoms with van der Waals surface area (Å²) in [7, 11) is 0. The van der Waals surface area contributed by atoms with E-state index in [1.54, 1.807) is 0 Å². The van der Waals surface area contributed by atoms with Gasteiger partial charge >= 0.3 is 6.09 Å². The summed E-state index contributed by atoms with van der Waals surface area (Å²) in [5.74, 6) is 0.736. The van der Waals surface area contributed by atoms with Crippen molar-refractivity contribution < 1.29 is 9.53 Å². The lowest BCUT2D eigenvalue weighted by Crippen LogP contribution is -2.42. The lowest BCUT2D eigenvalue weighted by Gasteiger charge is -2.20. The number of amides is 1. The topological polar surface area (TPSA) is 74.8 Å². The maximum Gasteiger partial charge on any atom is 0.407 e. The number of alkyl carbamates (subject to hydrolysis) is 1. The largest absolute Gasteiger partial charge is 0.444 e. The summed E-state index contributed by atoms with van der Waals surface area (Å²) < 4.78 is 5.20. The van der Waals surface area contributed by atoms with Gasteiger partial charge in [0, 0.05) is 19.6 Å². The minimum absolute atomic E-state index is 0. The number of hydrogen-bond donors (Lipinski definition) is 3. The monoisotopic (exact) mass is 476 g/mol. The summed E-state index contributed by atoms with van der Waals surface area (Å²) in [6, 6.07) is 8.33. The Morgan fingerprint density at radius 1 is 1.04 bits per heavy atom. The first-order valence-corrected chi connectivity index (χ1v) is 8.91. The number of ether oxygens (including phenoxy) is 1. The van der Waals surface area contributed by atoms with Crippen LogP contribution in [0.2, 0.25) is 0 Å². The molecule has 0 spiro atoms. The summed E-state index contributed by atoms with van der Waals surface area (Å²) in [6.45, 7) is 12.1. The second-order valence-electron chi connectivity index (χ2n) is 6.67. The van der Waals surface area contributed by atoms with Crippen LogP contribution in [0.15, 0.2) is 29.3 Å². The lowest BCUT2D eigenvalue weighted by atomic mass is 10.1. The smallest absolute Gasteiger partial charge is 0.407 e. The van der Waals surface area contributed by atoms with Crippen LogP contribution in [-0.2, 0) is 17.7 Å². The molecule has 7 heteroatoms. The van der Waals surface area contributed by atoms with Crippen molar-refractivity contribution in [2.45, 2.75) is 53.2 Å². The highest BCUT2D eigenvalue weighted by Gasteiger charge is 2.15. The second-order valence-corrected chi connectivity index (χ2v) is 6.67. The Balaban J connectivity index is 0.00000625. The Hall–Kier alpha value is -1.51. The van der Waals surface area contributed by atoms with E-state index in [0.717, 1.165) is 18.9 Å². The molecule has 0 atom stereocenters. The fourth-order valence-corrected chi connectivity index (χ4v) is 2.22. The Morgan fingerprint density at radius 3 is 2.23 bits per heavy atom. The number of nitrogens with one attached hydrogen (secondary N) is 3. The molecular formula is C19H33IN4O2. The van der Waals surface area contributed by atoms with Gasteiger partial charge in [-0.3, -0.25) is 0 Å². The predicted molar refractivity (Wildman–Crippen MR) is 118 cm³/mol. The predicted octanol–water partition coefficient (Wildman–Crippen LogP) is 3.45. The Kier molecular flexibility index (Phi) is 12.0. The van der Waals surface area contributed by atoms with Gasteiger partial charge in [0.1, 0.15) is 5.60 Å². The third kappa shape index (κ3) is 10.5. The molecule has 0 aliphatic heterocycles. The van der Waals surface area contributed by atoms with Crippen LogP contribution in [0.1, 0.15) is 45.7 Å². The molecule has 1 aromatic rings. The molecule has 0 aromatic heterocycles. The SMILES string of the molecule is CCNC(=NCc1ccccc1CC)NCCNC(=O)OC(C)(C)C.I. The number of nitrogens with zero attached hydrogens (tertiary/aromatic N) is 1. The molecule has 1 rings (SSSR count). The normalized spacial score (nSPS) is 11.3. The number of carbonyl (C=O) groups excluding carboxylic acids is 1. The molecule has 26 heavy (non-hydrogen) atoms. The molecule has 0 aliphatic rings. The molecule has 0 fully saturated rings. The third-order valence-electron chi connectivity index (χ3n) is 3.34. The van der Waals surface area contributed by atoms with E-state index >= 15 is 0 Å². The van der Waals surface area contributed by atoms with Crippen molar-refractivity contribution in [3.63, 3.8) is 0 Å². The van der Waals surface area contributed by atoms with Crippen LogP contribution < -0.4 is 16.0 Å². The average Bonchev–Trinajstić information content (AvgIpc) is 2.55. The van der Waals surface area contributed by atoms with Crippen LogP contribution in [0, 0.1) is 0 Å². The van der Waals surface area contributed by atoms with Gasteiger partial charge in [-0.05, 0) is 45.2 Å². The number of hydrogen-bond acceptors (Lipinski definition) is 3. The number of aliphatic imine (C=N–C) groups is 1. The van der Waals surface area contributed by atoms with E-state index in [2.05, 4.69) is 46.1 Å². The molecular weight excluding hydrogens is 443 g/mol. The van der Waals surface area contributed by atoms with Crippen LogP contribution in [0.4, 0.5) is 4.79 Å². The van der Waals surface area contributed by atoms with E-state index in [9.17, 15) is 4.79 Å². The van der Waals surface area contributed by atoms with Crippen molar-refractivity contribution in [2.24, 2.45) is 4.99 Å². The van der Waals surface area contributed by atoms with E-state index in [-0.39, 0.29) is 24.0 Å². The van der Waals surface area contributed by atoms with Crippen molar-refractivity contribution in [2.75, 3.05) is 19.6 Å².